The van der Waals surface area contributed by atoms with Crippen molar-refractivity contribution in [3.8, 4) is 11.3 Å². The van der Waals surface area contributed by atoms with Crippen molar-refractivity contribution in [1.82, 2.24) is 15.2 Å². The van der Waals surface area contributed by atoms with Crippen LogP contribution in [0.4, 0.5) is 5.69 Å². The first kappa shape index (κ1) is 23.0. The Hall–Kier alpha value is -3.71. The van der Waals surface area contributed by atoms with E-state index in [2.05, 4.69) is 16.0 Å². The molecule has 0 spiro atoms. The van der Waals surface area contributed by atoms with Gasteiger partial charge in [-0.05, 0) is 43.7 Å². The molecule has 2 amide bonds. The summed E-state index contributed by atoms with van der Waals surface area (Å²) in [5, 5.41) is 8.37. The smallest absolute Gasteiger partial charge is 0.275 e. The van der Waals surface area contributed by atoms with Crippen molar-refractivity contribution in [1.29, 1.82) is 0 Å². The van der Waals surface area contributed by atoms with Crippen molar-refractivity contribution in [2.45, 2.75) is 25.9 Å². The van der Waals surface area contributed by atoms with Gasteiger partial charge < -0.3 is 16.0 Å². The molecule has 0 bridgehead atoms. The highest BCUT2D eigenvalue weighted by Gasteiger charge is 2.17. The van der Waals surface area contributed by atoms with Gasteiger partial charge in [0.05, 0.1) is 11.7 Å². The van der Waals surface area contributed by atoms with Gasteiger partial charge in [-0.3, -0.25) is 19.0 Å². The average molecular weight is 433 g/mol. The van der Waals surface area contributed by atoms with E-state index in [0.29, 0.717) is 18.7 Å². The second-order valence-electron chi connectivity index (χ2n) is 7.47. The molecule has 1 aromatic heterocycles. The first-order valence-electron chi connectivity index (χ1n) is 10.6. The van der Waals surface area contributed by atoms with Gasteiger partial charge >= 0.3 is 0 Å². The van der Waals surface area contributed by atoms with Crippen molar-refractivity contribution in [2.75, 3.05) is 18.9 Å². The highest BCUT2D eigenvalue weighted by atomic mass is 16.2. The van der Waals surface area contributed by atoms with E-state index in [-0.39, 0.29) is 24.0 Å². The molecule has 3 aromatic rings. The molecule has 0 saturated carbocycles. The van der Waals surface area contributed by atoms with E-state index in [1.807, 2.05) is 60.7 Å². The summed E-state index contributed by atoms with van der Waals surface area (Å²) in [6.07, 6.45) is 0.699. The van der Waals surface area contributed by atoms with Crippen LogP contribution in [-0.2, 0) is 22.6 Å². The number of aromatic nitrogens is 1. The van der Waals surface area contributed by atoms with Gasteiger partial charge in [0.1, 0.15) is 12.2 Å². The maximum absolute atomic E-state index is 13.2. The maximum atomic E-state index is 13.2. The van der Waals surface area contributed by atoms with E-state index >= 15 is 0 Å². The van der Waals surface area contributed by atoms with Gasteiger partial charge in [0.15, 0.2) is 0 Å². The van der Waals surface area contributed by atoms with E-state index in [1.165, 1.54) is 4.57 Å². The van der Waals surface area contributed by atoms with Gasteiger partial charge in [-0.25, -0.2) is 0 Å². The molecule has 0 aliphatic carbocycles. The Morgan fingerprint density at radius 1 is 0.938 bits per heavy atom. The lowest BCUT2D eigenvalue weighted by Gasteiger charge is -2.16. The molecule has 1 atom stereocenters. The number of pyridine rings is 1. The number of anilines is 1. The van der Waals surface area contributed by atoms with Gasteiger partial charge in [-0.15, -0.1) is 0 Å². The number of hydrogen-bond donors (Lipinski definition) is 3. The van der Waals surface area contributed by atoms with Crippen LogP contribution in [0, 0.1) is 0 Å². The number of carbonyl (C=O) groups excluding carboxylic acids is 2. The van der Waals surface area contributed by atoms with Crippen LogP contribution in [0.15, 0.2) is 77.6 Å². The van der Waals surface area contributed by atoms with Crippen LogP contribution in [0.25, 0.3) is 11.3 Å². The number of hydrogen-bond acceptors (Lipinski definition) is 4. The van der Waals surface area contributed by atoms with Crippen molar-refractivity contribution in [3.63, 3.8) is 0 Å². The zero-order chi connectivity index (χ0) is 22.9. The minimum Gasteiger partial charge on any atom is -0.354 e. The predicted octanol–water partition coefficient (Wildman–Crippen LogP) is 2.42. The van der Waals surface area contributed by atoms with Crippen LogP contribution in [0.3, 0.4) is 0 Å². The second kappa shape index (κ2) is 11.1. The summed E-state index contributed by atoms with van der Waals surface area (Å²) in [7, 11) is 1.67. The Kier molecular flexibility index (Phi) is 7.94. The Bertz CT molecular complexity index is 1110. The number of likely N-dealkylation sites (N-methyl/N-ethyl adjacent to an activating group) is 1. The van der Waals surface area contributed by atoms with Gasteiger partial charge in [0.2, 0.25) is 11.8 Å². The predicted molar refractivity (Wildman–Crippen MR) is 126 cm³/mol. The molecule has 166 valence electrons. The highest BCUT2D eigenvalue weighted by molar-refractivity contribution is 5.94. The third kappa shape index (κ3) is 5.92. The van der Waals surface area contributed by atoms with Crippen LogP contribution in [0.2, 0.25) is 0 Å². The molecule has 2 aromatic carbocycles. The molecule has 0 aliphatic rings. The zero-order valence-corrected chi connectivity index (χ0v) is 18.3. The maximum Gasteiger partial charge on any atom is 0.275 e. The lowest BCUT2D eigenvalue weighted by atomic mass is 10.1. The van der Waals surface area contributed by atoms with Gasteiger partial charge in [-0.1, -0.05) is 60.7 Å². The molecule has 32 heavy (non-hydrogen) atoms. The first-order valence-corrected chi connectivity index (χ1v) is 10.6. The Labute approximate surface area is 187 Å². The van der Waals surface area contributed by atoms with E-state index < -0.39 is 11.6 Å². The van der Waals surface area contributed by atoms with Crippen molar-refractivity contribution in [2.24, 2.45) is 0 Å². The van der Waals surface area contributed by atoms with Gasteiger partial charge in [-0.2, -0.15) is 0 Å². The number of rotatable bonds is 9. The zero-order valence-electron chi connectivity index (χ0n) is 18.3. The van der Waals surface area contributed by atoms with E-state index in [0.717, 1.165) is 11.1 Å². The third-order valence-electron chi connectivity index (χ3n) is 5.21. The highest BCUT2D eigenvalue weighted by Crippen LogP contribution is 2.19. The van der Waals surface area contributed by atoms with Crippen LogP contribution < -0.4 is 21.5 Å². The van der Waals surface area contributed by atoms with E-state index in [9.17, 15) is 14.4 Å². The largest absolute Gasteiger partial charge is 0.354 e. The molecular formula is C25H28N4O3. The summed E-state index contributed by atoms with van der Waals surface area (Å²) in [6, 6.07) is 22.1. The summed E-state index contributed by atoms with van der Waals surface area (Å²) >= 11 is 0. The molecule has 0 saturated heterocycles. The van der Waals surface area contributed by atoms with Crippen LogP contribution >= 0.6 is 0 Å². The molecule has 0 unspecified atom stereocenters. The molecular weight excluding hydrogens is 404 g/mol. The quantitative estimate of drug-likeness (QED) is 0.484. The molecule has 1 heterocycles. The third-order valence-corrected chi connectivity index (χ3v) is 5.21. The topological polar surface area (TPSA) is 92.2 Å². The Morgan fingerprint density at radius 2 is 1.59 bits per heavy atom. The van der Waals surface area contributed by atoms with Crippen LogP contribution in [-0.4, -0.2) is 36.0 Å². The average Bonchev–Trinajstić information content (AvgIpc) is 2.82. The lowest BCUT2D eigenvalue weighted by molar-refractivity contribution is -0.121. The molecule has 3 N–H and O–H groups in total. The fourth-order valence-electron chi connectivity index (χ4n) is 3.25. The number of amides is 2. The lowest BCUT2D eigenvalue weighted by Crippen LogP contribution is -2.39. The van der Waals surface area contributed by atoms with Crippen molar-refractivity contribution in [3.05, 3.63) is 88.7 Å². The molecule has 7 heteroatoms. The van der Waals surface area contributed by atoms with Gasteiger partial charge in [0.25, 0.3) is 5.56 Å². The standard InChI is InChI=1S/C25H28N4O3/c1-18(26-2)24(31)28-21-13-14-22(20-11-7-4-8-12-20)29(25(21)32)17-23(30)27-16-15-19-9-5-3-6-10-19/h3-14,18,26H,15-17H2,1-2H3,(H,27,30)(H,28,31)/t18-/m0/s1. The number of benzene rings is 2. The summed E-state index contributed by atoms with van der Waals surface area (Å²) in [5.74, 6) is -0.594. The first-order chi connectivity index (χ1) is 15.5. The van der Waals surface area contributed by atoms with Crippen LogP contribution in [0.5, 0.6) is 0 Å². The minimum absolute atomic E-state index is 0.133. The normalized spacial score (nSPS) is 11.6. The summed E-state index contributed by atoms with van der Waals surface area (Å²) in [6.45, 7) is 2.02. The van der Waals surface area contributed by atoms with E-state index in [4.69, 9.17) is 0 Å². The van der Waals surface area contributed by atoms with Crippen molar-refractivity contribution < 1.29 is 9.59 Å². The number of carbonyl (C=O) groups is 2. The number of nitrogens with one attached hydrogen (secondary N) is 3. The van der Waals surface area contributed by atoms with Gasteiger partial charge in [0, 0.05) is 6.54 Å². The van der Waals surface area contributed by atoms with Crippen LogP contribution in [0.1, 0.15) is 12.5 Å². The summed E-state index contributed by atoms with van der Waals surface area (Å²) in [4.78, 5) is 38.1. The fraction of sp³-hybridized carbons (Fsp3) is 0.240. The Balaban J connectivity index is 1.82. The number of nitrogens with zero attached hydrogens (tertiary/aromatic N) is 1. The summed E-state index contributed by atoms with van der Waals surface area (Å²) < 4.78 is 1.40. The SMILES string of the molecule is CN[C@@H](C)C(=O)Nc1ccc(-c2ccccc2)n(CC(=O)NCCc2ccccc2)c1=O. The molecule has 0 aliphatic heterocycles. The summed E-state index contributed by atoms with van der Waals surface area (Å²) in [5.41, 5.74) is 2.24. The van der Waals surface area contributed by atoms with Crippen molar-refractivity contribution >= 4 is 17.5 Å². The second-order valence-corrected chi connectivity index (χ2v) is 7.47. The van der Waals surface area contributed by atoms with E-state index in [1.54, 1.807) is 26.1 Å². The molecule has 3 rings (SSSR count). The molecule has 0 fully saturated rings. The molecule has 7 nitrogen and oxygen atoms in total. The molecule has 0 radical (unpaired) electrons. The Morgan fingerprint density at radius 3 is 2.25 bits per heavy atom. The fourth-order valence-corrected chi connectivity index (χ4v) is 3.25. The monoisotopic (exact) mass is 432 g/mol. The minimum atomic E-state index is -0.460.